The summed E-state index contributed by atoms with van der Waals surface area (Å²) in [7, 11) is 0. The number of imidazole rings is 1. The standard InChI is InChI=1S/C16H20N4O2S/c1-10(2)12-4-6-13(7-5-12)20-9-8-18-16(20)23-11(3)14(21)19-15(17)22/h4-11H,1-3H3,(H3,17,19,21,22)/t11-/m1/s1. The molecule has 3 amide bonds. The first-order valence-electron chi connectivity index (χ1n) is 7.29. The number of nitrogens with zero attached hydrogens (tertiary/aromatic N) is 2. The molecule has 3 N–H and O–H groups in total. The second-order valence-electron chi connectivity index (χ2n) is 5.44. The molecule has 0 saturated carbocycles. The number of amides is 3. The number of hydrogen-bond acceptors (Lipinski definition) is 4. The molecule has 0 aliphatic carbocycles. The highest BCUT2D eigenvalue weighted by atomic mass is 32.2. The Labute approximate surface area is 139 Å². The molecule has 0 fully saturated rings. The first-order chi connectivity index (χ1) is 10.9. The second kappa shape index (κ2) is 7.32. The van der Waals surface area contributed by atoms with Gasteiger partial charge in [-0.15, -0.1) is 0 Å². The fourth-order valence-corrected chi connectivity index (χ4v) is 2.91. The number of imide groups is 1. The zero-order chi connectivity index (χ0) is 17.0. The quantitative estimate of drug-likeness (QED) is 0.824. The molecule has 7 heteroatoms. The molecule has 1 atom stereocenters. The van der Waals surface area contributed by atoms with E-state index >= 15 is 0 Å². The summed E-state index contributed by atoms with van der Waals surface area (Å²) in [5, 5.41) is 2.26. The number of rotatable bonds is 5. The Morgan fingerprint density at radius 1 is 1.22 bits per heavy atom. The van der Waals surface area contributed by atoms with Crippen LogP contribution in [0, 0.1) is 0 Å². The van der Waals surface area contributed by atoms with Crippen molar-refractivity contribution >= 4 is 23.7 Å². The number of thioether (sulfide) groups is 1. The number of aromatic nitrogens is 2. The van der Waals surface area contributed by atoms with Crippen LogP contribution in [0.15, 0.2) is 41.8 Å². The van der Waals surface area contributed by atoms with E-state index in [9.17, 15) is 9.59 Å². The van der Waals surface area contributed by atoms with Gasteiger partial charge < -0.3 is 5.73 Å². The molecule has 1 heterocycles. The van der Waals surface area contributed by atoms with Crippen LogP contribution < -0.4 is 11.1 Å². The van der Waals surface area contributed by atoms with Crippen LogP contribution in [0.4, 0.5) is 4.79 Å². The van der Waals surface area contributed by atoms with Gasteiger partial charge in [-0.25, -0.2) is 9.78 Å². The molecule has 1 aromatic heterocycles. The van der Waals surface area contributed by atoms with E-state index in [2.05, 4.69) is 36.3 Å². The summed E-state index contributed by atoms with van der Waals surface area (Å²) in [4.78, 5) is 26.8. The van der Waals surface area contributed by atoms with Crippen molar-refractivity contribution in [3.8, 4) is 5.69 Å². The predicted molar refractivity (Wildman–Crippen MR) is 90.7 cm³/mol. The van der Waals surface area contributed by atoms with E-state index in [1.807, 2.05) is 22.9 Å². The molecule has 2 rings (SSSR count). The third-order valence-electron chi connectivity index (χ3n) is 3.34. The second-order valence-corrected chi connectivity index (χ2v) is 6.75. The molecule has 0 aliphatic rings. The summed E-state index contributed by atoms with van der Waals surface area (Å²) in [6, 6.07) is 7.36. The van der Waals surface area contributed by atoms with E-state index in [4.69, 9.17) is 5.73 Å². The van der Waals surface area contributed by atoms with Gasteiger partial charge >= 0.3 is 6.03 Å². The van der Waals surface area contributed by atoms with Gasteiger partial charge in [0.25, 0.3) is 0 Å². The zero-order valence-corrected chi connectivity index (χ0v) is 14.1. The lowest BCUT2D eigenvalue weighted by Crippen LogP contribution is -2.39. The van der Waals surface area contributed by atoms with Crippen LogP contribution in [0.5, 0.6) is 0 Å². The summed E-state index contributed by atoms with van der Waals surface area (Å²) in [6.07, 6.45) is 3.52. The van der Waals surface area contributed by atoms with Crippen molar-refractivity contribution in [1.29, 1.82) is 0 Å². The van der Waals surface area contributed by atoms with Crippen LogP contribution in [0.2, 0.25) is 0 Å². The van der Waals surface area contributed by atoms with Crippen LogP contribution in [0.1, 0.15) is 32.3 Å². The van der Waals surface area contributed by atoms with Crippen LogP contribution >= 0.6 is 11.8 Å². The number of carbonyl (C=O) groups is 2. The third kappa shape index (κ3) is 4.35. The summed E-state index contributed by atoms with van der Waals surface area (Å²) in [6.45, 7) is 5.99. The SMILES string of the molecule is CC(C)c1ccc(-n2ccnc2S[C@H](C)C(=O)NC(N)=O)cc1. The summed E-state index contributed by atoms with van der Waals surface area (Å²) < 4.78 is 1.91. The molecule has 0 aliphatic heterocycles. The molecule has 23 heavy (non-hydrogen) atoms. The van der Waals surface area contributed by atoms with E-state index in [0.717, 1.165) is 5.69 Å². The average molecular weight is 332 g/mol. The van der Waals surface area contributed by atoms with Gasteiger partial charge in [-0.3, -0.25) is 14.7 Å². The van der Waals surface area contributed by atoms with Crippen molar-refractivity contribution in [2.45, 2.75) is 37.1 Å². The van der Waals surface area contributed by atoms with E-state index < -0.39 is 17.2 Å². The van der Waals surface area contributed by atoms with Gasteiger partial charge in [-0.2, -0.15) is 0 Å². The fourth-order valence-electron chi connectivity index (χ4n) is 2.03. The van der Waals surface area contributed by atoms with Gasteiger partial charge in [-0.05, 0) is 30.5 Å². The van der Waals surface area contributed by atoms with Crippen molar-refractivity contribution in [3.63, 3.8) is 0 Å². The molecule has 0 spiro atoms. The highest BCUT2D eigenvalue weighted by Crippen LogP contribution is 2.25. The summed E-state index contributed by atoms with van der Waals surface area (Å²) in [5.74, 6) is 0.0328. The monoisotopic (exact) mass is 332 g/mol. The van der Waals surface area contributed by atoms with Crippen molar-refractivity contribution in [2.24, 2.45) is 5.73 Å². The van der Waals surface area contributed by atoms with E-state index in [-0.39, 0.29) is 0 Å². The van der Waals surface area contributed by atoms with E-state index in [0.29, 0.717) is 11.1 Å². The third-order valence-corrected chi connectivity index (χ3v) is 4.42. The lowest BCUT2D eigenvalue weighted by molar-refractivity contribution is -0.119. The van der Waals surface area contributed by atoms with Gasteiger partial charge in [0.15, 0.2) is 5.16 Å². The highest BCUT2D eigenvalue weighted by Gasteiger charge is 2.18. The Morgan fingerprint density at radius 2 is 1.87 bits per heavy atom. The minimum absolute atomic E-state index is 0.438. The number of urea groups is 1. The van der Waals surface area contributed by atoms with E-state index in [1.165, 1.54) is 17.3 Å². The normalized spacial score (nSPS) is 12.2. The first-order valence-corrected chi connectivity index (χ1v) is 8.17. The van der Waals surface area contributed by atoms with Crippen LogP contribution in [0.3, 0.4) is 0 Å². The maximum absolute atomic E-state index is 11.8. The molecule has 1 aromatic carbocycles. The smallest absolute Gasteiger partial charge is 0.318 e. The Hall–Kier alpha value is -2.28. The van der Waals surface area contributed by atoms with Crippen molar-refractivity contribution in [1.82, 2.24) is 14.9 Å². The number of nitrogens with one attached hydrogen (secondary N) is 1. The Kier molecular flexibility index (Phi) is 5.44. The fraction of sp³-hybridized carbons (Fsp3) is 0.312. The van der Waals surface area contributed by atoms with Gasteiger partial charge in [0, 0.05) is 18.1 Å². The number of primary amides is 1. The molecule has 0 unspecified atom stereocenters. The lowest BCUT2D eigenvalue weighted by Gasteiger charge is -2.12. The van der Waals surface area contributed by atoms with Crippen molar-refractivity contribution < 1.29 is 9.59 Å². The Balaban J connectivity index is 2.16. The molecule has 6 nitrogen and oxygen atoms in total. The summed E-state index contributed by atoms with van der Waals surface area (Å²) in [5.41, 5.74) is 7.19. The predicted octanol–water partition coefficient (Wildman–Crippen LogP) is 2.67. The molecular formula is C16H20N4O2S. The zero-order valence-electron chi connectivity index (χ0n) is 13.3. The molecular weight excluding hydrogens is 312 g/mol. The Morgan fingerprint density at radius 3 is 2.43 bits per heavy atom. The number of nitrogens with two attached hydrogens (primary N) is 1. The highest BCUT2D eigenvalue weighted by molar-refractivity contribution is 8.00. The van der Waals surface area contributed by atoms with Crippen molar-refractivity contribution in [3.05, 3.63) is 42.2 Å². The minimum Gasteiger partial charge on any atom is -0.351 e. The maximum atomic E-state index is 11.8. The average Bonchev–Trinajstić information content (AvgIpc) is 2.94. The Bertz CT molecular complexity index is 694. The molecule has 0 saturated heterocycles. The number of benzene rings is 1. The topological polar surface area (TPSA) is 90.0 Å². The molecule has 0 radical (unpaired) electrons. The van der Waals surface area contributed by atoms with Crippen LogP contribution in [0.25, 0.3) is 5.69 Å². The van der Waals surface area contributed by atoms with Crippen LogP contribution in [-0.2, 0) is 4.79 Å². The van der Waals surface area contributed by atoms with Gasteiger partial charge in [0.2, 0.25) is 5.91 Å². The molecule has 2 aromatic rings. The van der Waals surface area contributed by atoms with Crippen LogP contribution in [-0.4, -0.2) is 26.7 Å². The molecule has 122 valence electrons. The van der Waals surface area contributed by atoms with Gasteiger partial charge in [0.05, 0.1) is 5.25 Å². The maximum Gasteiger partial charge on any atom is 0.318 e. The van der Waals surface area contributed by atoms with E-state index in [1.54, 1.807) is 13.1 Å². The van der Waals surface area contributed by atoms with Crippen molar-refractivity contribution in [2.75, 3.05) is 0 Å². The minimum atomic E-state index is -0.852. The summed E-state index contributed by atoms with van der Waals surface area (Å²) >= 11 is 1.26. The first kappa shape index (κ1) is 17.1. The number of carbonyl (C=O) groups excluding carboxylic acids is 2. The van der Waals surface area contributed by atoms with Gasteiger partial charge in [0.1, 0.15) is 0 Å². The molecule has 0 bridgehead atoms. The number of hydrogen-bond donors (Lipinski definition) is 2. The van der Waals surface area contributed by atoms with Gasteiger partial charge in [-0.1, -0.05) is 37.7 Å². The lowest BCUT2D eigenvalue weighted by atomic mass is 10.0. The largest absolute Gasteiger partial charge is 0.351 e.